The number of halogens is 5. The Morgan fingerprint density at radius 2 is 1.80 bits per heavy atom. The number of carbonyl (C=O) groups excluding carboxylic acids is 2. The number of hydrogen-bond acceptors (Lipinski definition) is 9. The van der Waals surface area contributed by atoms with Crippen LogP contribution in [0.3, 0.4) is 0 Å². The summed E-state index contributed by atoms with van der Waals surface area (Å²) in [5.41, 5.74) is 1.16. The van der Waals surface area contributed by atoms with Crippen LogP contribution in [0.2, 0.25) is 5.02 Å². The van der Waals surface area contributed by atoms with Crippen molar-refractivity contribution in [1.29, 1.82) is 0 Å². The van der Waals surface area contributed by atoms with Gasteiger partial charge in [-0.1, -0.05) is 54.9 Å². The molecule has 60 heavy (non-hydrogen) atoms. The molecular formula is C41H38ClF4N9O5. The first-order chi connectivity index (χ1) is 28.8. The highest BCUT2D eigenvalue weighted by Crippen LogP contribution is 2.35. The summed E-state index contributed by atoms with van der Waals surface area (Å²) in [5, 5.41) is 11.1. The quantitative estimate of drug-likeness (QED) is 0.160. The predicted octanol–water partition coefficient (Wildman–Crippen LogP) is 6.20. The summed E-state index contributed by atoms with van der Waals surface area (Å²) in [6, 6.07) is 13.5. The fourth-order valence-electron chi connectivity index (χ4n) is 7.46. The molecule has 1 N–H and O–H groups in total. The third-order valence-corrected chi connectivity index (χ3v) is 10.8. The molecule has 6 aromatic rings. The zero-order valence-electron chi connectivity index (χ0n) is 32.4. The topological polar surface area (TPSA) is 141 Å². The van der Waals surface area contributed by atoms with Gasteiger partial charge in [0, 0.05) is 32.4 Å². The number of alkyl halides is 3. The second kappa shape index (κ2) is 16.4. The molecule has 0 radical (unpaired) electrons. The van der Waals surface area contributed by atoms with Crippen LogP contribution < -0.4 is 20.5 Å². The van der Waals surface area contributed by atoms with E-state index in [1.54, 1.807) is 15.5 Å². The first-order valence-corrected chi connectivity index (χ1v) is 19.5. The van der Waals surface area contributed by atoms with E-state index in [0.29, 0.717) is 25.3 Å². The van der Waals surface area contributed by atoms with E-state index in [2.05, 4.69) is 15.5 Å². The van der Waals surface area contributed by atoms with Gasteiger partial charge in [0.15, 0.2) is 17.4 Å². The maximum absolute atomic E-state index is 15.5. The van der Waals surface area contributed by atoms with Crippen LogP contribution >= 0.6 is 11.6 Å². The highest BCUT2D eigenvalue weighted by Gasteiger charge is 2.33. The third kappa shape index (κ3) is 7.79. The Labute approximate surface area is 344 Å². The predicted molar refractivity (Wildman–Crippen MR) is 214 cm³/mol. The molecule has 19 heteroatoms. The van der Waals surface area contributed by atoms with Gasteiger partial charge in [-0.05, 0) is 55.2 Å². The van der Waals surface area contributed by atoms with Gasteiger partial charge in [0.2, 0.25) is 11.7 Å². The Kier molecular flexibility index (Phi) is 11.1. The third-order valence-electron chi connectivity index (χ3n) is 10.5. The lowest BCUT2D eigenvalue weighted by Gasteiger charge is -2.37. The molecule has 1 fully saturated rings. The molecule has 0 atom stereocenters. The van der Waals surface area contributed by atoms with Crippen LogP contribution in [0, 0.1) is 12.7 Å². The molecule has 312 valence electrons. The Hall–Kier alpha value is -6.27. The van der Waals surface area contributed by atoms with Gasteiger partial charge < -0.3 is 29.2 Å². The number of carbonyl (C=O) groups is 2. The largest absolute Gasteiger partial charge is 0.486 e. The number of hydrogen-bond donors (Lipinski definition) is 1. The number of ether oxygens (including phenoxy) is 2. The number of nitrogens with one attached hydrogen (secondary N) is 1. The molecule has 0 spiro atoms. The van der Waals surface area contributed by atoms with E-state index in [-0.39, 0.29) is 89.7 Å². The maximum Gasteiger partial charge on any atom is 0.416 e. The first-order valence-electron chi connectivity index (χ1n) is 19.2. The number of anilines is 2. The highest BCUT2D eigenvalue weighted by atomic mass is 35.5. The number of aromatic nitrogens is 6. The minimum absolute atomic E-state index is 0.0285. The van der Waals surface area contributed by atoms with Crippen LogP contribution in [0.15, 0.2) is 71.7 Å². The number of fused-ring (bicyclic) bond motifs is 2. The lowest BCUT2D eigenvalue weighted by atomic mass is 10.1. The zero-order chi connectivity index (χ0) is 42.3. The minimum atomic E-state index is -4.63. The van der Waals surface area contributed by atoms with E-state index < -0.39 is 41.5 Å². The fraction of sp³-hybridized carbons (Fsp3) is 0.317. The maximum atomic E-state index is 15.5. The van der Waals surface area contributed by atoms with Gasteiger partial charge in [0.25, 0.3) is 11.5 Å². The molecule has 4 aromatic heterocycles. The van der Waals surface area contributed by atoms with Crippen molar-refractivity contribution in [2.75, 3.05) is 49.6 Å². The highest BCUT2D eigenvalue weighted by molar-refractivity contribution is 6.33. The minimum Gasteiger partial charge on any atom is -0.486 e. The van der Waals surface area contributed by atoms with Crippen molar-refractivity contribution in [2.45, 2.75) is 46.0 Å². The molecule has 14 nitrogen and oxygen atoms in total. The SMILES string of the molecule is CCc1c(N2CCN(C(=O)c3ccn4nc(C)c(F)c4c3OCc3ccccc3)CC2)c(=O)n2nc(C3=CCOCC3)nc2n1CC(=O)Nc1ccc(C(F)(F)F)cc1Cl. The number of piperazine rings is 1. The van der Waals surface area contributed by atoms with E-state index in [9.17, 15) is 27.6 Å². The Morgan fingerprint density at radius 1 is 1.03 bits per heavy atom. The summed E-state index contributed by atoms with van der Waals surface area (Å²) in [5.74, 6) is -1.20. The lowest BCUT2D eigenvalue weighted by molar-refractivity contribution is -0.137. The van der Waals surface area contributed by atoms with Crippen molar-refractivity contribution in [3.05, 3.63) is 122 Å². The monoisotopic (exact) mass is 847 g/mol. The van der Waals surface area contributed by atoms with Gasteiger partial charge in [-0.2, -0.15) is 27.8 Å². The molecule has 2 aliphatic rings. The summed E-state index contributed by atoms with van der Waals surface area (Å²) in [7, 11) is 0. The summed E-state index contributed by atoms with van der Waals surface area (Å²) in [4.78, 5) is 50.4. The van der Waals surface area contributed by atoms with Crippen molar-refractivity contribution < 1.29 is 36.6 Å². The second-order valence-corrected chi connectivity index (χ2v) is 14.7. The standard InChI is InChI=1S/C41H38ClF4N9O5/c1-3-31-34(51-15-17-52(18-16-51)38(57)28-11-14-54-35(33(43)24(2)49-54)36(28)60-23-25-7-5-4-6-8-25)39(58)55-40(48-37(50-55)26-12-19-59-20-13-26)53(31)22-32(56)47-30-10-9-27(21-29(30)42)41(44,45)46/h4-12,14,21H,3,13,15-20,22-23H2,1-2H3,(H,47,56). The Bertz CT molecular complexity index is 2720. The van der Waals surface area contributed by atoms with Crippen molar-refractivity contribution in [1.82, 2.24) is 33.7 Å². The van der Waals surface area contributed by atoms with Crippen molar-refractivity contribution in [2.24, 2.45) is 0 Å². The fourth-order valence-corrected chi connectivity index (χ4v) is 7.68. The number of nitrogens with zero attached hydrogens (tertiary/aromatic N) is 8. The van der Waals surface area contributed by atoms with E-state index in [0.717, 1.165) is 33.9 Å². The molecule has 0 aliphatic carbocycles. The van der Waals surface area contributed by atoms with Gasteiger partial charge in [-0.15, -0.1) is 5.10 Å². The zero-order valence-corrected chi connectivity index (χ0v) is 33.2. The van der Waals surface area contributed by atoms with E-state index in [1.165, 1.54) is 17.6 Å². The van der Waals surface area contributed by atoms with Gasteiger partial charge in [0.05, 0.1) is 46.4 Å². The lowest BCUT2D eigenvalue weighted by Crippen LogP contribution is -2.51. The average Bonchev–Trinajstić information content (AvgIpc) is 3.83. The van der Waals surface area contributed by atoms with Crippen LogP contribution in [0.5, 0.6) is 5.75 Å². The molecule has 2 aromatic carbocycles. The molecule has 0 unspecified atom stereocenters. The van der Waals surface area contributed by atoms with Crippen LogP contribution in [0.4, 0.5) is 28.9 Å². The summed E-state index contributed by atoms with van der Waals surface area (Å²) in [6.07, 6.45) is -0.521. The number of amides is 2. The molecule has 6 heterocycles. The normalized spacial score (nSPS) is 14.8. The van der Waals surface area contributed by atoms with Gasteiger partial charge in [0.1, 0.15) is 24.4 Å². The molecule has 2 aliphatic heterocycles. The van der Waals surface area contributed by atoms with Crippen LogP contribution in [0.1, 0.15) is 52.0 Å². The van der Waals surface area contributed by atoms with Crippen LogP contribution in [-0.2, 0) is 35.3 Å². The first kappa shape index (κ1) is 40.5. The van der Waals surface area contributed by atoms with E-state index >= 15 is 4.39 Å². The Morgan fingerprint density at radius 3 is 2.48 bits per heavy atom. The molecule has 0 bridgehead atoms. The second-order valence-electron chi connectivity index (χ2n) is 14.3. The van der Waals surface area contributed by atoms with E-state index in [4.69, 9.17) is 26.1 Å². The van der Waals surface area contributed by atoms with E-state index in [1.807, 2.05) is 48.2 Å². The van der Waals surface area contributed by atoms with Gasteiger partial charge in [-0.3, -0.25) is 14.4 Å². The summed E-state index contributed by atoms with van der Waals surface area (Å²) in [6.45, 7) is 4.57. The molecular weight excluding hydrogens is 810 g/mol. The number of aryl methyl sites for hydroxylation is 1. The summed E-state index contributed by atoms with van der Waals surface area (Å²) < 4.78 is 71.0. The van der Waals surface area contributed by atoms with Crippen LogP contribution in [0.25, 0.3) is 16.9 Å². The molecule has 1 saturated heterocycles. The number of rotatable bonds is 10. The number of benzene rings is 2. The van der Waals surface area contributed by atoms with Gasteiger partial charge >= 0.3 is 6.18 Å². The smallest absolute Gasteiger partial charge is 0.416 e. The van der Waals surface area contributed by atoms with Gasteiger partial charge in [-0.25, -0.2) is 8.91 Å². The average molecular weight is 848 g/mol. The number of pyridine rings is 1. The Balaban J connectivity index is 1.10. The molecule has 8 rings (SSSR count). The van der Waals surface area contributed by atoms with Crippen molar-refractivity contribution >= 4 is 51.7 Å². The van der Waals surface area contributed by atoms with Crippen LogP contribution in [-0.4, -0.2) is 84.9 Å². The molecule has 2 amide bonds. The van der Waals surface area contributed by atoms with Crippen molar-refractivity contribution in [3.8, 4) is 5.75 Å². The van der Waals surface area contributed by atoms with Crippen molar-refractivity contribution in [3.63, 3.8) is 0 Å². The summed E-state index contributed by atoms with van der Waals surface area (Å²) >= 11 is 6.16. The molecule has 0 saturated carbocycles.